The number of H-pyrrole nitrogens is 1. The molecule has 13 heteroatoms. The number of aromatic hydroxyl groups is 1. The van der Waals surface area contributed by atoms with E-state index in [0.717, 1.165) is 12.0 Å². The molecule has 2 aromatic carbocycles. The number of nitrogens with zero attached hydrogens (tertiary/aromatic N) is 1. The largest absolute Gasteiger partial charge is 0.494 e. The molecule has 0 spiro atoms. The van der Waals surface area contributed by atoms with Crippen molar-refractivity contribution in [2.24, 2.45) is 11.8 Å². The van der Waals surface area contributed by atoms with Crippen molar-refractivity contribution in [1.82, 2.24) is 14.6 Å². The van der Waals surface area contributed by atoms with E-state index >= 15 is 0 Å². The molecule has 2 aliphatic heterocycles. The van der Waals surface area contributed by atoms with Gasteiger partial charge in [0, 0.05) is 29.7 Å². The van der Waals surface area contributed by atoms with Gasteiger partial charge >= 0.3 is 6.09 Å². The van der Waals surface area contributed by atoms with Gasteiger partial charge in [0.25, 0.3) is 0 Å². The Kier molecular flexibility index (Phi) is 9.61. The normalized spacial score (nSPS) is 21.5. The Morgan fingerprint density at radius 2 is 1.93 bits per heavy atom. The highest BCUT2D eigenvalue weighted by Crippen LogP contribution is 2.33. The fourth-order valence-corrected chi connectivity index (χ4v) is 7.53. The summed E-state index contributed by atoms with van der Waals surface area (Å²) < 4.78 is 46.0. The summed E-state index contributed by atoms with van der Waals surface area (Å²) in [6, 6.07) is 12.8. The Hall–Kier alpha value is -3.49. The molecule has 1 amide bonds. The maximum Gasteiger partial charge on any atom is 0.407 e. The van der Waals surface area contributed by atoms with E-state index in [1.54, 1.807) is 6.07 Å². The Labute approximate surface area is 256 Å². The number of nitrogens with one attached hydrogen (secondary N) is 3. The van der Waals surface area contributed by atoms with Gasteiger partial charge in [-0.1, -0.05) is 44.2 Å². The van der Waals surface area contributed by atoms with Crippen LogP contribution >= 0.6 is 0 Å². The average Bonchev–Trinajstić information content (AvgIpc) is 3.67. The van der Waals surface area contributed by atoms with Crippen molar-refractivity contribution in [1.29, 1.82) is 5.41 Å². The number of aliphatic hydroxyl groups excluding tert-OH is 1. The van der Waals surface area contributed by atoms with Crippen molar-refractivity contribution < 1.29 is 37.6 Å². The Bertz CT molecular complexity index is 1590. The van der Waals surface area contributed by atoms with Gasteiger partial charge in [-0.3, -0.25) is 0 Å². The van der Waals surface area contributed by atoms with E-state index in [0.29, 0.717) is 17.5 Å². The lowest BCUT2D eigenvalue weighted by molar-refractivity contribution is -0.0907. The Morgan fingerprint density at radius 3 is 2.64 bits per heavy atom. The first-order valence-corrected chi connectivity index (χ1v) is 16.2. The summed E-state index contributed by atoms with van der Waals surface area (Å²) in [6.07, 6.45) is -1.93. The molecular weight excluding hydrogens is 588 g/mol. The van der Waals surface area contributed by atoms with Crippen molar-refractivity contribution >= 4 is 32.7 Å². The van der Waals surface area contributed by atoms with Crippen LogP contribution in [0.3, 0.4) is 0 Å². The number of ether oxygens (including phenoxy) is 3. The number of alkyl carbamates (subject to hydrolysis) is 1. The van der Waals surface area contributed by atoms with Crippen molar-refractivity contribution in [2.75, 3.05) is 26.3 Å². The third-order valence-electron chi connectivity index (χ3n) is 8.03. The van der Waals surface area contributed by atoms with Gasteiger partial charge in [0.05, 0.1) is 41.7 Å². The number of fused-ring (bicyclic) bond motifs is 2. The molecule has 0 saturated carbocycles. The monoisotopic (exact) mass is 628 g/mol. The number of carbonyl (C=O) groups is 1. The maximum atomic E-state index is 14.0. The van der Waals surface area contributed by atoms with E-state index in [9.17, 15) is 23.4 Å². The third kappa shape index (κ3) is 6.92. The van der Waals surface area contributed by atoms with Crippen LogP contribution in [0.2, 0.25) is 0 Å². The molecule has 5 atom stereocenters. The first-order chi connectivity index (χ1) is 20.9. The minimum Gasteiger partial charge on any atom is -0.494 e. The Balaban J connectivity index is 1.38. The standard InChI is InChI=1S/C31H40N4O8S/c1-18(2)15-35(44(39,40)21-9-10-24-23(14-21)28(19(3)32)29(37)33-24)16-26(36)25(13-20-7-5-4-6-8-20)34-31(38)43-27-17-42-30-22(27)11-12-41-30/h4-10,14,18,22,25-27,30,32-33,36-37H,11-13,15-17H2,1-3H3,(H,34,38). The van der Waals surface area contributed by atoms with E-state index in [1.165, 1.54) is 23.4 Å². The molecular formula is C31H40N4O8S. The molecule has 2 fully saturated rings. The highest BCUT2D eigenvalue weighted by atomic mass is 32.2. The van der Waals surface area contributed by atoms with E-state index < -0.39 is 34.4 Å². The molecule has 12 nitrogen and oxygen atoms in total. The first-order valence-electron chi connectivity index (χ1n) is 14.8. The van der Waals surface area contributed by atoms with Gasteiger partial charge in [-0.25, -0.2) is 13.2 Å². The predicted octanol–water partition coefficient (Wildman–Crippen LogP) is 3.37. The number of benzene rings is 2. The summed E-state index contributed by atoms with van der Waals surface area (Å²) in [7, 11) is -4.15. The van der Waals surface area contributed by atoms with Crippen molar-refractivity contribution in [3.8, 4) is 5.88 Å². The summed E-state index contributed by atoms with van der Waals surface area (Å²) >= 11 is 0. The van der Waals surface area contributed by atoms with Crippen LogP contribution in [0, 0.1) is 17.2 Å². The molecule has 0 radical (unpaired) electrons. The molecule has 2 aliphatic rings. The minimum atomic E-state index is -4.15. The second kappa shape index (κ2) is 13.2. The fraction of sp³-hybridized carbons (Fsp3) is 0.484. The number of carbonyl (C=O) groups excluding carboxylic acids is 1. The van der Waals surface area contributed by atoms with Crippen LogP contribution in [0.5, 0.6) is 5.88 Å². The van der Waals surface area contributed by atoms with Crippen molar-refractivity contribution in [3.05, 3.63) is 59.7 Å². The molecule has 0 aliphatic carbocycles. The van der Waals surface area contributed by atoms with Crippen molar-refractivity contribution in [3.63, 3.8) is 0 Å². The molecule has 0 bridgehead atoms. The minimum absolute atomic E-state index is 0.0408. The van der Waals surface area contributed by atoms with Crippen molar-refractivity contribution in [2.45, 2.75) is 63.0 Å². The molecule has 44 heavy (non-hydrogen) atoms. The van der Waals surface area contributed by atoms with Crippen LogP contribution in [0.15, 0.2) is 53.4 Å². The number of sulfonamides is 1. The molecule has 3 heterocycles. The van der Waals surface area contributed by atoms with E-state index in [1.807, 2.05) is 44.2 Å². The van der Waals surface area contributed by atoms with Crippen LogP contribution < -0.4 is 5.32 Å². The molecule has 3 aromatic rings. The number of hydrogen-bond donors (Lipinski definition) is 5. The molecule has 238 valence electrons. The van der Waals surface area contributed by atoms with Crippen LogP contribution in [0.1, 0.15) is 38.3 Å². The number of rotatable bonds is 12. The number of aliphatic hydroxyl groups is 1. The summed E-state index contributed by atoms with van der Waals surface area (Å²) in [5.41, 5.74) is 1.64. The molecule has 1 aromatic heterocycles. The van der Waals surface area contributed by atoms with Crippen LogP contribution in [0.25, 0.3) is 10.9 Å². The first kappa shape index (κ1) is 31.9. The maximum absolute atomic E-state index is 14.0. The van der Waals surface area contributed by atoms with Gasteiger partial charge in [0.1, 0.15) is 6.10 Å². The number of aromatic amines is 1. The summed E-state index contributed by atoms with van der Waals surface area (Å²) in [4.78, 5) is 15.8. The van der Waals surface area contributed by atoms with Gasteiger partial charge in [-0.05, 0) is 49.4 Å². The number of hydrogen-bond acceptors (Lipinski definition) is 9. The van der Waals surface area contributed by atoms with Gasteiger partial charge < -0.3 is 40.1 Å². The second-order valence-corrected chi connectivity index (χ2v) is 13.8. The third-order valence-corrected chi connectivity index (χ3v) is 9.86. The molecule has 5 rings (SSSR count). The molecule has 5 unspecified atom stereocenters. The van der Waals surface area contributed by atoms with Crippen LogP contribution in [-0.2, 0) is 30.7 Å². The van der Waals surface area contributed by atoms with Gasteiger partial charge in [0.15, 0.2) is 12.2 Å². The van der Waals surface area contributed by atoms with E-state index in [4.69, 9.17) is 19.6 Å². The van der Waals surface area contributed by atoms with E-state index in [-0.39, 0.29) is 66.3 Å². The lowest BCUT2D eigenvalue weighted by Crippen LogP contribution is -2.51. The van der Waals surface area contributed by atoms with Crippen LogP contribution in [0.4, 0.5) is 4.79 Å². The number of aromatic nitrogens is 1. The number of amides is 1. The van der Waals surface area contributed by atoms with Gasteiger partial charge in [0.2, 0.25) is 10.0 Å². The summed E-state index contributed by atoms with van der Waals surface area (Å²) in [5.74, 6) is -0.342. The zero-order valence-electron chi connectivity index (χ0n) is 25.0. The van der Waals surface area contributed by atoms with Gasteiger partial charge in [-0.2, -0.15) is 4.31 Å². The van der Waals surface area contributed by atoms with E-state index in [2.05, 4.69) is 10.3 Å². The Morgan fingerprint density at radius 1 is 1.18 bits per heavy atom. The highest BCUT2D eigenvalue weighted by molar-refractivity contribution is 7.89. The second-order valence-electron chi connectivity index (χ2n) is 11.9. The lowest BCUT2D eigenvalue weighted by Gasteiger charge is -2.31. The zero-order chi connectivity index (χ0) is 31.6. The molecule has 2 saturated heterocycles. The highest BCUT2D eigenvalue weighted by Gasteiger charge is 2.44. The predicted molar refractivity (Wildman–Crippen MR) is 163 cm³/mol. The fourth-order valence-electron chi connectivity index (χ4n) is 5.88. The molecule has 5 N–H and O–H groups in total. The zero-order valence-corrected chi connectivity index (χ0v) is 25.8. The van der Waals surface area contributed by atoms with Crippen LogP contribution in [-0.4, -0.2) is 90.6 Å². The average molecular weight is 629 g/mol. The smallest absolute Gasteiger partial charge is 0.407 e. The van der Waals surface area contributed by atoms with Gasteiger partial charge in [-0.15, -0.1) is 0 Å². The topological polar surface area (TPSA) is 174 Å². The summed E-state index contributed by atoms with van der Waals surface area (Å²) in [5, 5.41) is 33.0. The summed E-state index contributed by atoms with van der Waals surface area (Å²) in [6.45, 7) is 5.83. The lowest BCUT2D eigenvalue weighted by atomic mass is 10.0. The quantitative estimate of drug-likeness (QED) is 0.190. The SMILES string of the molecule is CC(=N)c1c(O)[nH]c2ccc(S(=O)(=O)N(CC(C)C)CC(O)C(Cc3ccccc3)NC(=O)OC3COC4OCCC34)cc12.